The third-order valence-corrected chi connectivity index (χ3v) is 3.28. The van der Waals surface area contributed by atoms with Gasteiger partial charge in [0.15, 0.2) is 0 Å². The standard InChI is InChI=1S/C16H15NO5/c1-10-6-7-17(15(19)14(10)16(20)21)12-5-3-4-11(8-12)9-13(18)22-2/h3-8H,9H2,1-2H3,(H,20,21). The molecular formula is C16H15NO5. The molecule has 6 heteroatoms. The number of carbonyl (C=O) groups excluding carboxylic acids is 1. The number of aryl methyl sites for hydroxylation is 1. The molecule has 0 radical (unpaired) electrons. The van der Waals surface area contributed by atoms with Crippen LogP contribution in [0.15, 0.2) is 41.3 Å². The van der Waals surface area contributed by atoms with Crippen LogP contribution in [0.1, 0.15) is 21.5 Å². The van der Waals surface area contributed by atoms with E-state index in [1.54, 1.807) is 37.3 Å². The molecule has 114 valence electrons. The molecule has 0 unspecified atom stereocenters. The number of rotatable bonds is 4. The van der Waals surface area contributed by atoms with Gasteiger partial charge in [-0.3, -0.25) is 14.2 Å². The van der Waals surface area contributed by atoms with E-state index in [4.69, 9.17) is 5.11 Å². The van der Waals surface area contributed by atoms with Crippen LogP contribution in [0.5, 0.6) is 0 Å². The molecule has 1 heterocycles. The Labute approximate surface area is 126 Å². The fourth-order valence-electron chi connectivity index (χ4n) is 2.15. The van der Waals surface area contributed by atoms with Gasteiger partial charge in [0.05, 0.1) is 13.5 Å². The average Bonchev–Trinajstić information content (AvgIpc) is 2.47. The van der Waals surface area contributed by atoms with Crippen molar-refractivity contribution in [2.24, 2.45) is 0 Å². The van der Waals surface area contributed by atoms with Gasteiger partial charge in [-0.1, -0.05) is 12.1 Å². The number of aromatic carboxylic acids is 1. The Morgan fingerprint density at radius 3 is 2.64 bits per heavy atom. The maximum Gasteiger partial charge on any atom is 0.341 e. The van der Waals surface area contributed by atoms with Crippen LogP contribution in [-0.2, 0) is 16.0 Å². The van der Waals surface area contributed by atoms with Crippen LogP contribution < -0.4 is 5.56 Å². The molecule has 0 atom stereocenters. The summed E-state index contributed by atoms with van der Waals surface area (Å²) >= 11 is 0. The van der Waals surface area contributed by atoms with E-state index in [0.29, 0.717) is 16.8 Å². The smallest absolute Gasteiger partial charge is 0.341 e. The van der Waals surface area contributed by atoms with Gasteiger partial charge >= 0.3 is 11.9 Å². The Balaban J connectivity index is 2.51. The van der Waals surface area contributed by atoms with E-state index in [1.807, 2.05) is 0 Å². The lowest BCUT2D eigenvalue weighted by atomic mass is 10.1. The molecule has 0 saturated carbocycles. The highest BCUT2D eigenvalue weighted by molar-refractivity contribution is 5.88. The lowest BCUT2D eigenvalue weighted by Gasteiger charge is -2.10. The van der Waals surface area contributed by atoms with Crippen molar-refractivity contribution >= 4 is 11.9 Å². The predicted molar refractivity (Wildman–Crippen MR) is 79.5 cm³/mol. The second-order valence-electron chi connectivity index (χ2n) is 4.78. The molecule has 0 fully saturated rings. The first-order chi connectivity index (χ1) is 10.4. The van der Waals surface area contributed by atoms with Crippen molar-refractivity contribution in [1.82, 2.24) is 4.57 Å². The average molecular weight is 301 g/mol. The number of aromatic nitrogens is 1. The number of nitrogens with zero attached hydrogens (tertiary/aromatic N) is 1. The van der Waals surface area contributed by atoms with E-state index < -0.39 is 11.5 Å². The summed E-state index contributed by atoms with van der Waals surface area (Å²) < 4.78 is 5.85. The molecule has 1 aromatic carbocycles. The second kappa shape index (κ2) is 6.26. The Morgan fingerprint density at radius 1 is 1.27 bits per heavy atom. The van der Waals surface area contributed by atoms with Crippen LogP contribution in [0.2, 0.25) is 0 Å². The number of carboxylic acid groups (broad SMARTS) is 1. The van der Waals surface area contributed by atoms with Crippen molar-refractivity contribution in [3.05, 3.63) is 63.6 Å². The quantitative estimate of drug-likeness (QED) is 0.866. The van der Waals surface area contributed by atoms with Gasteiger partial charge in [-0.15, -0.1) is 0 Å². The Kier molecular flexibility index (Phi) is 4.41. The molecule has 0 saturated heterocycles. The van der Waals surface area contributed by atoms with Crippen LogP contribution in [0.4, 0.5) is 0 Å². The molecule has 0 aliphatic carbocycles. The van der Waals surface area contributed by atoms with Gasteiger partial charge < -0.3 is 9.84 Å². The zero-order valence-corrected chi connectivity index (χ0v) is 12.2. The van der Waals surface area contributed by atoms with Crippen molar-refractivity contribution < 1.29 is 19.4 Å². The number of carboxylic acids is 1. The topological polar surface area (TPSA) is 85.6 Å². The number of esters is 1. The lowest BCUT2D eigenvalue weighted by Crippen LogP contribution is -2.26. The summed E-state index contributed by atoms with van der Waals surface area (Å²) in [5.41, 5.74) is 0.700. The minimum Gasteiger partial charge on any atom is -0.477 e. The molecule has 1 N–H and O–H groups in total. The monoisotopic (exact) mass is 301 g/mol. The van der Waals surface area contributed by atoms with Gasteiger partial charge in [0.25, 0.3) is 5.56 Å². The van der Waals surface area contributed by atoms with Crippen molar-refractivity contribution in [3.63, 3.8) is 0 Å². The Morgan fingerprint density at radius 2 is 2.00 bits per heavy atom. The van der Waals surface area contributed by atoms with Crippen LogP contribution in [0.3, 0.4) is 0 Å². The first-order valence-corrected chi connectivity index (χ1v) is 6.55. The summed E-state index contributed by atoms with van der Waals surface area (Å²) in [6.07, 6.45) is 1.60. The van der Waals surface area contributed by atoms with Crippen LogP contribution in [0.25, 0.3) is 5.69 Å². The van der Waals surface area contributed by atoms with Crippen molar-refractivity contribution in [1.29, 1.82) is 0 Å². The highest BCUT2D eigenvalue weighted by Gasteiger charge is 2.15. The Bertz CT molecular complexity index is 791. The molecular weight excluding hydrogens is 286 g/mol. The number of benzene rings is 1. The molecule has 22 heavy (non-hydrogen) atoms. The summed E-state index contributed by atoms with van der Waals surface area (Å²) in [4.78, 5) is 34.8. The second-order valence-corrected chi connectivity index (χ2v) is 4.78. The zero-order valence-electron chi connectivity index (χ0n) is 12.2. The zero-order chi connectivity index (χ0) is 16.3. The van der Waals surface area contributed by atoms with Crippen LogP contribution in [-0.4, -0.2) is 28.7 Å². The highest BCUT2D eigenvalue weighted by atomic mass is 16.5. The molecule has 0 aliphatic heterocycles. The van der Waals surface area contributed by atoms with E-state index in [9.17, 15) is 14.4 Å². The lowest BCUT2D eigenvalue weighted by molar-refractivity contribution is -0.139. The van der Waals surface area contributed by atoms with Crippen LogP contribution >= 0.6 is 0 Å². The highest BCUT2D eigenvalue weighted by Crippen LogP contribution is 2.12. The minimum atomic E-state index is -1.26. The fourth-order valence-corrected chi connectivity index (χ4v) is 2.15. The van der Waals surface area contributed by atoms with Gasteiger partial charge in [-0.25, -0.2) is 4.79 Å². The summed E-state index contributed by atoms with van der Waals surface area (Å²) in [5.74, 6) is -1.65. The van der Waals surface area contributed by atoms with E-state index in [1.165, 1.54) is 17.9 Å². The first-order valence-electron chi connectivity index (χ1n) is 6.55. The summed E-state index contributed by atoms with van der Waals surface area (Å²) in [5, 5.41) is 9.15. The SMILES string of the molecule is COC(=O)Cc1cccc(-n2ccc(C)c(C(=O)O)c2=O)c1. The number of ether oxygens (including phenoxy) is 1. The molecule has 0 aliphatic rings. The number of pyridine rings is 1. The van der Waals surface area contributed by atoms with Gasteiger partial charge in [0.2, 0.25) is 0 Å². The summed E-state index contributed by atoms with van der Waals surface area (Å²) in [6, 6.07) is 8.32. The fraction of sp³-hybridized carbons (Fsp3) is 0.188. The number of methoxy groups -OCH3 is 1. The maximum atomic E-state index is 12.3. The minimum absolute atomic E-state index is 0.0801. The third kappa shape index (κ3) is 3.06. The third-order valence-electron chi connectivity index (χ3n) is 3.28. The van der Waals surface area contributed by atoms with E-state index in [2.05, 4.69) is 4.74 Å². The number of carbonyl (C=O) groups is 2. The number of hydrogen-bond acceptors (Lipinski definition) is 4. The van der Waals surface area contributed by atoms with Gasteiger partial charge in [-0.2, -0.15) is 0 Å². The summed E-state index contributed by atoms with van der Waals surface area (Å²) in [7, 11) is 1.30. The molecule has 0 amide bonds. The normalized spacial score (nSPS) is 10.3. The van der Waals surface area contributed by atoms with E-state index in [-0.39, 0.29) is 18.0 Å². The molecule has 2 aromatic rings. The molecule has 1 aromatic heterocycles. The van der Waals surface area contributed by atoms with Crippen molar-refractivity contribution in [2.45, 2.75) is 13.3 Å². The van der Waals surface area contributed by atoms with Gasteiger partial charge in [0.1, 0.15) is 5.56 Å². The van der Waals surface area contributed by atoms with Gasteiger partial charge in [0, 0.05) is 11.9 Å². The largest absolute Gasteiger partial charge is 0.477 e. The van der Waals surface area contributed by atoms with Crippen molar-refractivity contribution in [3.8, 4) is 5.69 Å². The van der Waals surface area contributed by atoms with Crippen molar-refractivity contribution in [2.75, 3.05) is 7.11 Å². The van der Waals surface area contributed by atoms with Crippen LogP contribution in [0, 0.1) is 6.92 Å². The molecule has 0 spiro atoms. The van der Waals surface area contributed by atoms with E-state index >= 15 is 0 Å². The van der Waals surface area contributed by atoms with Gasteiger partial charge in [-0.05, 0) is 36.2 Å². The maximum absolute atomic E-state index is 12.3. The molecule has 0 bridgehead atoms. The summed E-state index contributed by atoms with van der Waals surface area (Å²) in [6.45, 7) is 1.57. The first kappa shape index (κ1) is 15.5. The number of hydrogen-bond donors (Lipinski definition) is 1. The predicted octanol–water partition coefficient (Wildman–Crippen LogP) is 1.56. The van der Waals surface area contributed by atoms with E-state index in [0.717, 1.165) is 0 Å². The molecule has 2 rings (SSSR count). The molecule has 6 nitrogen and oxygen atoms in total. The Hall–Kier alpha value is -2.89.